The molecule has 2 heterocycles. The van der Waals surface area contributed by atoms with Gasteiger partial charge >= 0.3 is 0 Å². The minimum Gasteiger partial charge on any atom is -0.486 e. The zero-order valence-electron chi connectivity index (χ0n) is 16.0. The van der Waals surface area contributed by atoms with Crippen molar-refractivity contribution in [3.8, 4) is 5.75 Å². The summed E-state index contributed by atoms with van der Waals surface area (Å²) in [5.41, 5.74) is 0. The summed E-state index contributed by atoms with van der Waals surface area (Å²) in [6, 6.07) is 7.49. The van der Waals surface area contributed by atoms with Gasteiger partial charge in [0.05, 0.1) is 5.75 Å². The van der Waals surface area contributed by atoms with Crippen molar-refractivity contribution in [2.24, 2.45) is 0 Å². The average Bonchev–Trinajstić information content (AvgIpc) is 3.08. The molecule has 1 aromatic heterocycles. The Kier molecular flexibility index (Phi) is 7.39. The van der Waals surface area contributed by atoms with E-state index in [0.717, 1.165) is 19.4 Å². The first-order valence-corrected chi connectivity index (χ1v) is 10.8. The Morgan fingerprint density at radius 2 is 2.14 bits per heavy atom. The van der Waals surface area contributed by atoms with Crippen molar-refractivity contribution >= 4 is 29.3 Å². The maximum atomic E-state index is 12.6. The van der Waals surface area contributed by atoms with E-state index < -0.39 is 0 Å². The third-order valence-corrected chi connectivity index (χ3v) is 5.94. The fourth-order valence-corrected chi connectivity index (χ4v) is 4.18. The number of hydrogen-bond acceptors (Lipinski definition) is 5. The Labute approximate surface area is 174 Å². The summed E-state index contributed by atoms with van der Waals surface area (Å²) in [5, 5.41) is 9.86. The molecular weight excluding hydrogens is 396 g/mol. The summed E-state index contributed by atoms with van der Waals surface area (Å²) in [6.45, 7) is 7.61. The van der Waals surface area contributed by atoms with Crippen LogP contribution in [0.4, 0.5) is 0 Å². The van der Waals surface area contributed by atoms with Gasteiger partial charge in [-0.25, -0.2) is 0 Å². The lowest BCUT2D eigenvalue weighted by Gasteiger charge is -2.33. The first-order valence-electron chi connectivity index (χ1n) is 9.42. The largest absolute Gasteiger partial charge is 0.486 e. The van der Waals surface area contributed by atoms with Gasteiger partial charge in [0, 0.05) is 24.2 Å². The van der Waals surface area contributed by atoms with Crippen LogP contribution in [0.5, 0.6) is 5.75 Å². The van der Waals surface area contributed by atoms with Crippen LogP contribution in [-0.4, -0.2) is 43.9 Å². The molecule has 0 radical (unpaired) electrons. The van der Waals surface area contributed by atoms with Crippen molar-refractivity contribution in [1.82, 2.24) is 19.7 Å². The molecule has 3 rings (SSSR count). The fraction of sp³-hybridized carbons (Fsp3) is 0.450. The molecule has 1 aliphatic heterocycles. The zero-order chi connectivity index (χ0) is 19.9. The normalized spacial score (nSPS) is 16.8. The van der Waals surface area contributed by atoms with Crippen molar-refractivity contribution in [2.75, 3.05) is 12.3 Å². The zero-order valence-corrected chi connectivity index (χ0v) is 17.6. The van der Waals surface area contributed by atoms with E-state index >= 15 is 0 Å². The van der Waals surface area contributed by atoms with E-state index in [-0.39, 0.29) is 12.5 Å². The lowest BCUT2D eigenvalue weighted by molar-refractivity contribution is -0.131. The third kappa shape index (κ3) is 5.29. The van der Waals surface area contributed by atoms with Crippen molar-refractivity contribution in [3.63, 3.8) is 0 Å². The number of likely N-dealkylation sites (tertiary alicyclic amines) is 1. The number of carbonyl (C=O) groups is 1. The number of halogens is 1. The highest BCUT2D eigenvalue weighted by Gasteiger charge is 2.24. The SMILES string of the molecule is C=CCn1c(COc2ccc(Cl)cc2)nnc1SCC(=O)N1CCCCC1C. The van der Waals surface area contributed by atoms with Crippen LogP contribution < -0.4 is 4.74 Å². The molecule has 150 valence electrons. The Bertz CT molecular complexity index is 809. The molecule has 1 saturated heterocycles. The molecule has 28 heavy (non-hydrogen) atoms. The number of benzene rings is 1. The highest BCUT2D eigenvalue weighted by atomic mass is 35.5. The Hall–Kier alpha value is -1.99. The van der Waals surface area contributed by atoms with E-state index in [1.165, 1.54) is 18.2 Å². The van der Waals surface area contributed by atoms with E-state index in [0.29, 0.717) is 40.1 Å². The molecule has 1 aliphatic rings. The van der Waals surface area contributed by atoms with Crippen LogP contribution in [0.2, 0.25) is 5.02 Å². The quantitative estimate of drug-likeness (QED) is 0.473. The lowest BCUT2D eigenvalue weighted by atomic mass is 10.0. The second-order valence-electron chi connectivity index (χ2n) is 6.76. The second-order valence-corrected chi connectivity index (χ2v) is 8.14. The van der Waals surface area contributed by atoms with E-state index in [2.05, 4.69) is 23.7 Å². The molecule has 0 saturated carbocycles. The minimum atomic E-state index is 0.157. The summed E-state index contributed by atoms with van der Waals surface area (Å²) in [6.07, 6.45) is 5.14. The van der Waals surface area contributed by atoms with Crippen molar-refractivity contribution in [3.05, 3.63) is 47.8 Å². The predicted molar refractivity (Wildman–Crippen MR) is 112 cm³/mol. The van der Waals surface area contributed by atoms with Crippen LogP contribution in [0.1, 0.15) is 32.0 Å². The van der Waals surface area contributed by atoms with Gasteiger partial charge in [-0.15, -0.1) is 16.8 Å². The Morgan fingerprint density at radius 1 is 1.36 bits per heavy atom. The minimum absolute atomic E-state index is 0.157. The van der Waals surface area contributed by atoms with Crippen LogP contribution in [0.3, 0.4) is 0 Å². The summed E-state index contributed by atoms with van der Waals surface area (Å²) >= 11 is 7.31. The van der Waals surface area contributed by atoms with Gasteiger partial charge in [0.15, 0.2) is 11.0 Å². The number of piperidine rings is 1. The molecule has 1 aromatic carbocycles. The Morgan fingerprint density at radius 3 is 2.86 bits per heavy atom. The van der Waals surface area contributed by atoms with Gasteiger partial charge in [0.2, 0.25) is 5.91 Å². The molecule has 0 bridgehead atoms. The van der Waals surface area contributed by atoms with E-state index in [1.54, 1.807) is 18.2 Å². The van der Waals surface area contributed by atoms with Crippen molar-refractivity contribution in [1.29, 1.82) is 0 Å². The summed E-state index contributed by atoms with van der Waals surface area (Å²) in [4.78, 5) is 14.6. The van der Waals surface area contributed by atoms with Crippen LogP contribution in [-0.2, 0) is 17.9 Å². The predicted octanol–water partition coefficient (Wildman–Crippen LogP) is 4.19. The number of rotatable bonds is 8. The molecule has 1 amide bonds. The van der Waals surface area contributed by atoms with Crippen LogP contribution in [0.15, 0.2) is 42.1 Å². The van der Waals surface area contributed by atoms with Gasteiger partial charge in [-0.3, -0.25) is 9.36 Å². The summed E-state index contributed by atoms with van der Waals surface area (Å²) < 4.78 is 7.71. The molecular formula is C20H25ClN4O2S. The molecule has 1 atom stereocenters. The number of amides is 1. The molecule has 1 fully saturated rings. The first-order chi connectivity index (χ1) is 13.6. The molecule has 0 spiro atoms. The highest BCUT2D eigenvalue weighted by molar-refractivity contribution is 7.99. The van der Waals surface area contributed by atoms with Gasteiger partial charge in [-0.2, -0.15) is 0 Å². The number of thioether (sulfide) groups is 1. The third-order valence-electron chi connectivity index (χ3n) is 4.73. The molecule has 2 aromatic rings. The standard InChI is InChI=1S/C20H25ClN4O2S/c1-3-11-25-18(13-27-17-9-7-16(21)8-10-17)22-23-20(25)28-14-19(26)24-12-5-4-6-15(24)2/h3,7-10,15H,1,4-6,11-14H2,2H3. The maximum absolute atomic E-state index is 12.6. The lowest BCUT2D eigenvalue weighted by Crippen LogP contribution is -2.43. The summed E-state index contributed by atoms with van der Waals surface area (Å²) in [5.74, 6) is 1.92. The number of carbonyl (C=O) groups excluding carboxylic acids is 1. The molecule has 8 heteroatoms. The van der Waals surface area contributed by atoms with Crippen molar-refractivity contribution in [2.45, 2.75) is 50.5 Å². The topological polar surface area (TPSA) is 60.2 Å². The number of nitrogens with zero attached hydrogens (tertiary/aromatic N) is 4. The smallest absolute Gasteiger partial charge is 0.233 e. The molecule has 1 unspecified atom stereocenters. The van der Waals surface area contributed by atoms with E-state index in [4.69, 9.17) is 16.3 Å². The van der Waals surface area contributed by atoms with Gasteiger partial charge < -0.3 is 9.64 Å². The second kappa shape index (κ2) is 9.98. The van der Waals surface area contributed by atoms with Crippen LogP contribution >= 0.6 is 23.4 Å². The van der Waals surface area contributed by atoms with Crippen molar-refractivity contribution < 1.29 is 9.53 Å². The number of ether oxygens (including phenoxy) is 1. The van der Waals surface area contributed by atoms with Gasteiger partial charge in [0.1, 0.15) is 12.4 Å². The average molecular weight is 421 g/mol. The fourth-order valence-electron chi connectivity index (χ4n) is 3.20. The highest BCUT2D eigenvalue weighted by Crippen LogP contribution is 2.22. The first kappa shape index (κ1) is 20.7. The van der Waals surface area contributed by atoms with Crippen LogP contribution in [0.25, 0.3) is 0 Å². The number of allylic oxidation sites excluding steroid dienone is 1. The Balaban J connectivity index is 1.62. The van der Waals surface area contributed by atoms with Crippen LogP contribution in [0, 0.1) is 0 Å². The monoisotopic (exact) mass is 420 g/mol. The number of aromatic nitrogens is 3. The van der Waals surface area contributed by atoms with Gasteiger partial charge in [0.25, 0.3) is 0 Å². The molecule has 0 N–H and O–H groups in total. The molecule has 6 nitrogen and oxygen atoms in total. The van der Waals surface area contributed by atoms with E-state index in [1.807, 2.05) is 21.6 Å². The van der Waals surface area contributed by atoms with Gasteiger partial charge in [-0.1, -0.05) is 29.4 Å². The molecule has 0 aliphatic carbocycles. The summed E-state index contributed by atoms with van der Waals surface area (Å²) in [7, 11) is 0. The van der Waals surface area contributed by atoms with Gasteiger partial charge in [-0.05, 0) is 50.5 Å². The number of hydrogen-bond donors (Lipinski definition) is 0. The van der Waals surface area contributed by atoms with E-state index in [9.17, 15) is 4.79 Å². The maximum Gasteiger partial charge on any atom is 0.233 e.